The fourth-order valence-corrected chi connectivity index (χ4v) is 3.17. The zero-order chi connectivity index (χ0) is 19.2. The molecule has 1 atom stereocenters. The van der Waals surface area contributed by atoms with E-state index < -0.39 is 0 Å². The van der Waals surface area contributed by atoms with Crippen LogP contribution >= 0.6 is 0 Å². The molecule has 5 N–H and O–H groups in total. The van der Waals surface area contributed by atoms with E-state index in [1.54, 1.807) is 36.4 Å². The maximum Gasteiger partial charge on any atom is 0.241 e. The summed E-state index contributed by atoms with van der Waals surface area (Å²) in [5.41, 5.74) is 3.58. The lowest BCUT2D eigenvalue weighted by Gasteiger charge is -2.34. The quantitative estimate of drug-likeness (QED) is 0.508. The van der Waals surface area contributed by atoms with Crippen molar-refractivity contribution in [3.63, 3.8) is 0 Å². The van der Waals surface area contributed by atoms with Crippen molar-refractivity contribution in [2.75, 3.05) is 32.0 Å². The number of piperidine rings is 1. The summed E-state index contributed by atoms with van der Waals surface area (Å²) in [4.78, 5) is 14.3. The summed E-state index contributed by atoms with van der Waals surface area (Å²) >= 11 is 0. The first-order valence-electron chi connectivity index (χ1n) is 8.91. The van der Waals surface area contributed by atoms with Gasteiger partial charge in [-0.3, -0.25) is 15.6 Å². The highest BCUT2D eigenvalue weighted by Gasteiger charge is 2.25. The van der Waals surface area contributed by atoms with Gasteiger partial charge in [-0.25, -0.2) is 4.39 Å². The summed E-state index contributed by atoms with van der Waals surface area (Å²) in [5.74, 6) is 0.491. The Morgan fingerprint density at radius 2 is 2.26 bits per heavy atom. The molecule has 1 fully saturated rings. The molecular formula is C18H24FN7O. The minimum Gasteiger partial charge on any atom is -0.374 e. The predicted molar refractivity (Wildman–Crippen MR) is 103 cm³/mol. The first kappa shape index (κ1) is 18.7. The van der Waals surface area contributed by atoms with Crippen LogP contribution < -0.4 is 21.4 Å². The van der Waals surface area contributed by atoms with Crippen LogP contribution in [-0.2, 0) is 4.79 Å². The molecule has 0 radical (unpaired) electrons. The maximum absolute atomic E-state index is 13.7. The van der Waals surface area contributed by atoms with E-state index in [2.05, 4.69) is 26.5 Å². The van der Waals surface area contributed by atoms with Gasteiger partial charge in [-0.2, -0.15) is 5.10 Å². The zero-order valence-corrected chi connectivity index (χ0v) is 15.2. The minimum absolute atomic E-state index is 0.0504. The Morgan fingerprint density at radius 1 is 1.44 bits per heavy atom. The lowest BCUT2D eigenvalue weighted by molar-refractivity contribution is -0.130. The third-order valence-electron chi connectivity index (χ3n) is 4.59. The summed E-state index contributed by atoms with van der Waals surface area (Å²) in [7, 11) is 1.78. The van der Waals surface area contributed by atoms with Crippen LogP contribution in [0.4, 0.5) is 10.1 Å². The maximum atomic E-state index is 13.7. The van der Waals surface area contributed by atoms with Crippen LogP contribution in [0.25, 0.3) is 0 Å². The van der Waals surface area contributed by atoms with Crippen molar-refractivity contribution in [1.82, 2.24) is 21.0 Å². The molecule has 0 bridgehead atoms. The first-order chi connectivity index (χ1) is 13.1. The number of carbonyl (C=O) groups is 1. The number of carbonyl (C=O) groups excluding carboxylic acids is 1. The Labute approximate surface area is 157 Å². The Balaban J connectivity index is 1.57. The topological polar surface area (TPSA) is 105 Å². The number of nitrogens with zero attached hydrogens (tertiary/aromatic N) is 2. The second kappa shape index (κ2) is 8.52. The van der Waals surface area contributed by atoms with Gasteiger partial charge in [-0.1, -0.05) is 12.1 Å². The highest BCUT2D eigenvalue weighted by molar-refractivity contribution is 6.17. The van der Waals surface area contributed by atoms with E-state index in [0.717, 1.165) is 12.8 Å². The molecule has 1 aromatic rings. The molecule has 27 heavy (non-hydrogen) atoms. The van der Waals surface area contributed by atoms with Crippen molar-refractivity contribution in [1.29, 1.82) is 5.41 Å². The normalized spacial score (nSPS) is 20.9. The van der Waals surface area contributed by atoms with Gasteiger partial charge in [0.25, 0.3) is 0 Å². The van der Waals surface area contributed by atoms with Gasteiger partial charge >= 0.3 is 0 Å². The molecule has 1 saturated heterocycles. The van der Waals surface area contributed by atoms with E-state index in [1.807, 2.05) is 0 Å². The van der Waals surface area contributed by atoms with E-state index in [0.29, 0.717) is 30.2 Å². The lowest BCUT2D eigenvalue weighted by atomic mass is 10.1. The second-order valence-corrected chi connectivity index (χ2v) is 6.44. The van der Waals surface area contributed by atoms with Crippen LogP contribution in [0.1, 0.15) is 12.8 Å². The molecule has 0 spiro atoms. The van der Waals surface area contributed by atoms with Crippen LogP contribution in [0.3, 0.4) is 0 Å². The van der Waals surface area contributed by atoms with E-state index in [1.165, 1.54) is 6.07 Å². The van der Waals surface area contributed by atoms with Crippen molar-refractivity contribution >= 4 is 23.6 Å². The van der Waals surface area contributed by atoms with Crippen molar-refractivity contribution in [3.05, 3.63) is 41.5 Å². The number of hydrogen-bond donors (Lipinski definition) is 5. The summed E-state index contributed by atoms with van der Waals surface area (Å²) in [5, 5.41) is 21.0. The van der Waals surface area contributed by atoms with Gasteiger partial charge in [-0.15, -0.1) is 0 Å². The molecule has 0 saturated carbocycles. The van der Waals surface area contributed by atoms with Gasteiger partial charge in [0.15, 0.2) is 5.84 Å². The smallest absolute Gasteiger partial charge is 0.241 e. The van der Waals surface area contributed by atoms with Gasteiger partial charge in [0, 0.05) is 26.2 Å². The zero-order valence-electron chi connectivity index (χ0n) is 15.2. The molecule has 1 aromatic carbocycles. The van der Waals surface area contributed by atoms with Crippen LogP contribution in [0.2, 0.25) is 0 Å². The summed E-state index contributed by atoms with van der Waals surface area (Å²) in [6, 6.07) is 6.37. The van der Waals surface area contributed by atoms with Crippen LogP contribution in [0.5, 0.6) is 0 Å². The van der Waals surface area contributed by atoms with Crippen LogP contribution in [0.15, 0.2) is 40.8 Å². The molecule has 1 amide bonds. The molecule has 0 unspecified atom stereocenters. The Bertz CT molecular complexity index is 777. The number of likely N-dealkylation sites (tertiary alicyclic amines) is 1. The highest BCUT2D eigenvalue weighted by Crippen LogP contribution is 2.15. The molecule has 2 aliphatic heterocycles. The van der Waals surface area contributed by atoms with Gasteiger partial charge in [0.2, 0.25) is 5.91 Å². The molecule has 0 aliphatic carbocycles. The number of nitrogens with one attached hydrogen (secondary N) is 5. The third-order valence-corrected chi connectivity index (χ3v) is 4.59. The predicted octanol–water partition coefficient (Wildman–Crippen LogP) is 0.815. The number of hydrazone groups is 1. The minimum atomic E-state index is -0.372. The number of para-hydroxylation sites is 1. The standard InChI is InChI=1S/C18H24FN7O/c1-21-18(13-9-23-25-17(13)20)24-12-5-4-8-26(11-12)16(27)10-22-15-7-3-2-6-14(15)19/h2-3,6-7,9,12,21-22,24H,4-5,8,10-11H2,1H3,(H2,20,25)/b18-13+/t12-/m0/s1. The summed E-state index contributed by atoms with van der Waals surface area (Å²) < 4.78 is 13.7. The third kappa shape index (κ3) is 4.55. The largest absolute Gasteiger partial charge is 0.374 e. The molecular weight excluding hydrogens is 349 g/mol. The average Bonchev–Trinajstić information content (AvgIpc) is 3.11. The van der Waals surface area contributed by atoms with Crippen molar-refractivity contribution in [2.45, 2.75) is 18.9 Å². The molecule has 2 aliphatic rings. The molecule has 9 heteroatoms. The van der Waals surface area contributed by atoms with Crippen LogP contribution in [0, 0.1) is 11.2 Å². The van der Waals surface area contributed by atoms with E-state index in [-0.39, 0.29) is 30.1 Å². The fourth-order valence-electron chi connectivity index (χ4n) is 3.17. The van der Waals surface area contributed by atoms with Gasteiger partial charge in [0.1, 0.15) is 11.6 Å². The number of rotatable bonds is 6. The van der Waals surface area contributed by atoms with E-state index >= 15 is 0 Å². The first-order valence-corrected chi connectivity index (χ1v) is 8.91. The van der Waals surface area contributed by atoms with Crippen molar-refractivity contribution in [3.8, 4) is 0 Å². The number of anilines is 1. The summed E-state index contributed by atoms with van der Waals surface area (Å²) in [6.45, 7) is 1.28. The Morgan fingerprint density at radius 3 is 2.96 bits per heavy atom. The van der Waals surface area contributed by atoms with E-state index in [9.17, 15) is 9.18 Å². The summed E-state index contributed by atoms with van der Waals surface area (Å²) in [6.07, 6.45) is 3.38. The number of amidine groups is 1. The molecule has 144 valence electrons. The van der Waals surface area contributed by atoms with Gasteiger partial charge in [0.05, 0.1) is 24.0 Å². The van der Waals surface area contributed by atoms with Gasteiger partial charge in [-0.05, 0) is 25.0 Å². The second-order valence-electron chi connectivity index (χ2n) is 6.44. The molecule has 3 rings (SSSR count). The highest BCUT2D eigenvalue weighted by atomic mass is 19.1. The van der Waals surface area contributed by atoms with Crippen molar-refractivity contribution in [2.24, 2.45) is 5.10 Å². The van der Waals surface area contributed by atoms with Gasteiger partial charge < -0.3 is 20.9 Å². The monoisotopic (exact) mass is 373 g/mol. The molecule has 8 nitrogen and oxygen atoms in total. The number of hydrogen-bond acceptors (Lipinski definition) is 6. The van der Waals surface area contributed by atoms with Crippen molar-refractivity contribution < 1.29 is 9.18 Å². The number of amides is 1. The number of halogens is 1. The number of benzene rings is 1. The Hall–Kier alpha value is -3.10. The molecule has 0 aromatic heterocycles. The lowest BCUT2D eigenvalue weighted by Crippen LogP contribution is -2.50. The molecule has 2 heterocycles. The van der Waals surface area contributed by atoms with E-state index in [4.69, 9.17) is 5.41 Å². The Kier molecular flexibility index (Phi) is 5.90. The average molecular weight is 373 g/mol. The SMILES string of the molecule is CN/C(N[C@H]1CCCN(C(=O)CNc2ccccc2F)C1)=C1/C=NNC1=N. The fraction of sp³-hybridized carbons (Fsp3) is 0.389. The van der Waals surface area contributed by atoms with Crippen LogP contribution in [-0.4, -0.2) is 55.6 Å².